The molecule has 120 valence electrons. The number of hydrogen-bond donors (Lipinski definition) is 0. The summed E-state index contributed by atoms with van der Waals surface area (Å²) in [7, 11) is 0. The molecule has 0 unspecified atom stereocenters. The second-order valence-electron chi connectivity index (χ2n) is 5.78. The first-order chi connectivity index (χ1) is 10.1. The number of halogens is 3. The molecule has 1 rings (SSSR count). The molecule has 0 aliphatic heterocycles. The quantitative estimate of drug-likeness (QED) is 0.206. The van der Waals surface area contributed by atoms with Crippen LogP contribution < -0.4 is 0 Å². The Morgan fingerprint density at radius 1 is 0.619 bits per heavy atom. The monoisotopic (exact) mass is 364 g/mol. The van der Waals surface area contributed by atoms with E-state index in [1.165, 1.54) is 63.4 Å². The average Bonchev–Trinajstić information content (AvgIpc) is 2.44. The van der Waals surface area contributed by atoms with Gasteiger partial charge in [-0.3, -0.25) is 0 Å². The zero-order valence-electron chi connectivity index (χ0n) is 12.8. The summed E-state index contributed by atoms with van der Waals surface area (Å²) in [4.78, 5) is 0. The fraction of sp³-hybridized carbons (Fsp3) is 0.647. The van der Waals surface area contributed by atoms with Crippen LogP contribution in [0.5, 0.6) is 0 Å². The molecule has 1 aromatic carbocycles. The molecule has 0 aromatic heterocycles. The maximum atomic E-state index is 5.86. The van der Waals surface area contributed by atoms with Crippen LogP contribution in [0.25, 0.3) is 0 Å². The van der Waals surface area contributed by atoms with Gasteiger partial charge in [0.2, 0.25) is 0 Å². The fourth-order valence-electron chi connectivity index (χ4n) is 2.54. The molecule has 0 saturated heterocycles. The summed E-state index contributed by atoms with van der Waals surface area (Å²) in [5.74, 6) is 0. The highest BCUT2D eigenvalue weighted by Crippen LogP contribution is 2.27. The number of hydrogen-bond acceptors (Lipinski definition) is 0. The van der Waals surface area contributed by atoms with Crippen LogP contribution in [-0.2, 0) is 6.42 Å². The number of benzene rings is 1. The van der Waals surface area contributed by atoms with Crippen LogP contribution in [0.3, 0.4) is 0 Å². The molecule has 0 saturated carbocycles. The topological polar surface area (TPSA) is 0 Å². The third-order valence-corrected chi connectivity index (χ3v) is 6.39. The maximum absolute atomic E-state index is 5.86. The SMILES string of the molecule is Cl[Si](Cl)(Cl)CCCCCCCCCCCc1ccccc1. The molecular weight excluding hydrogens is 339 g/mol. The highest BCUT2D eigenvalue weighted by atomic mass is 35.8. The Morgan fingerprint density at radius 3 is 1.62 bits per heavy atom. The van der Waals surface area contributed by atoms with Crippen molar-refractivity contribution in [3.05, 3.63) is 35.9 Å². The summed E-state index contributed by atoms with van der Waals surface area (Å²) in [6.45, 7) is 0. The van der Waals surface area contributed by atoms with Gasteiger partial charge in [-0.15, -0.1) is 33.2 Å². The number of unbranched alkanes of at least 4 members (excludes halogenated alkanes) is 8. The van der Waals surface area contributed by atoms with Gasteiger partial charge in [0.15, 0.2) is 0 Å². The minimum atomic E-state index is -2.36. The summed E-state index contributed by atoms with van der Waals surface area (Å²) in [6.07, 6.45) is 12.9. The van der Waals surface area contributed by atoms with E-state index in [1.807, 2.05) is 0 Å². The molecule has 0 radical (unpaired) electrons. The molecule has 0 nitrogen and oxygen atoms in total. The van der Waals surface area contributed by atoms with Crippen LogP contribution in [-0.4, -0.2) is 6.00 Å². The lowest BCUT2D eigenvalue weighted by Gasteiger charge is -2.07. The van der Waals surface area contributed by atoms with E-state index < -0.39 is 6.00 Å². The van der Waals surface area contributed by atoms with Crippen LogP contribution in [0.15, 0.2) is 30.3 Å². The van der Waals surface area contributed by atoms with Crippen molar-refractivity contribution >= 4 is 39.2 Å². The first-order valence-electron chi connectivity index (χ1n) is 8.18. The molecule has 0 bridgehead atoms. The first kappa shape index (κ1) is 19.4. The van der Waals surface area contributed by atoms with Gasteiger partial charge in [0.1, 0.15) is 0 Å². The lowest BCUT2D eigenvalue weighted by molar-refractivity contribution is 0.564. The lowest BCUT2D eigenvalue weighted by Crippen LogP contribution is -2.07. The third-order valence-electron chi connectivity index (χ3n) is 3.77. The van der Waals surface area contributed by atoms with Crippen LogP contribution in [0.1, 0.15) is 63.4 Å². The molecule has 0 amide bonds. The Bertz CT molecular complexity index is 349. The molecule has 0 fully saturated rings. The van der Waals surface area contributed by atoms with E-state index in [4.69, 9.17) is 33.2 Å². The number of rotatable bonds is 12. The van der Waals surface area contributed by atoms with E-state index in [1.54, 1.807) is 0 Å². The van der Waals surface area contributed by atoms with E-state index in [0.29, 0.717) is 0 Å². The summed E-state index contributed by atoms with van der Waals surface area (Å²) < 4.78 is 0. The second-order valence-corrected chi connectivity index (χ2v) is 15.1. The van der Waals surface area contributed by atoms with Crippen molar-refractivity contribution in [3.8, 4) is 0 Å². The summed E-state index contributed by atoms with van der Waals surface area (Å²) in [6, 6.07) is 9.24. The summed E-state index contributed by atoms with van der Waals surface area (Å²) in [5, 5.41) is 0. The van der Waals surface area contributed by atoms with Crippen LogP contribution in [0, 0.1) is 0 Å². The molecule has 0 aliphatic rings. The van der Waals surface area contributed by atoms with Crippen LogP contribution in [0.4, 0.5) is 0 Å². The normalized spacial score (nSPS) is 11.8. The van der Waals surface area contributed by atoms with E-state index in [2.05, 4.69) is 30.3 Å². The van der Waals surface area contributed by atoms with Crippen molar-refractivity contribution in [3.63, 3.8) is 0 Å². The standard InChI is InChI=1S/C17H27Cl3Si/c18-21(19,20)16-12-7-5-3-1-2-4-6-9-13-17-14-10-8-11-15-17/h8,10-11,14-15H,1-7,9,12-13,16H2. The van der Waals surface area contributed by atoms with Crippen LogP contribution >= 0.6 is 33.2 Å². The molecule has 0 spiro atoms. The van der Waals surface area contributed by atoms with Gasteiger partial charge in [-0.1, -0.05) is 81.7 Å². The third kappa shape index (κ3) is 12.5. The van der Waals surface area contributed by atoms with Gasteiger partial charge in [-0.2, -0.15) is 0 Å². The van der Waals surface area contributed by atoms with Gasteiger partial charge in [0, 0.05) is 0 Å². The Morgan fingerprint density at radius 2 is 1.10 bits per heavy atom. The molecular formula is C17H27Cl3Si. The van der Waals surface area contributed by atoms with E-state index in [0.717, 1.165) is 12.5 Å². The maximum Gasteiger partial charge on any atom is 0.341 e. The fourth-order valence-corrected chi connectivity index (χ4v) is 4.39. The van der Waals surface area contributed by atoms with E-state index in [9.17, 15) is 0 Å². The Labute approximate surface area is 145 Å². The van der Waals surface area contributed by atoms with Gasteiger partial charge in [-0.05, 0) is 24.4 Å². The highest BCUT2D eigenvalue weighted by molar-refractivity contribution is 7.64. The van der Waals surface area contributed by atoms with Crippen LogP contribution in [0.2, 0.25) is 6.04 Å². The molecule has 0 heterocycles. The van der Waals surface area contributed by atoms with Crippen molar-refractivity contribution < 1.29 is 0 Å². The smallest absolute Gasteiger partial charge is 0.126 e. The predicted octanol–water partition coefficient (Wildman–Crippen LogP) is 7.40. The van der Waals surface area contributed by atoms with Gasteiger partial charge in [0.25, 0.3) is 0 Å². The molecule has 4 heteroatoms. The molecule has 1 aromatic rings. The summed E-state index contributed by atoms with van der Waals surface area (Å²) in [5.41, 5.74) is 1.47. The lowest BCUT2D eigenvalue weighted by atomic mass is 10.0. The summed E-state index contributed by atoms with van der Waals surface area (Å²) >= 11 is 17.6. The zero-order chi connectivity index (χ0) is 15.4. The molecule has 0 N–H and O–H groups in total. The minimum absolute atomic E-state index is 0.817. The van der Waals surface area contributed by atoms with Gasteiger partial charge in [0.05, 0.1) is 0 Å². The van der Waals surface area contributed by atoms with Crippen molar-refractivity contribution in [1.82, 2.24) is 0 Å². The van der Waals surface area contributed by atoms with E-state index >= 15 is 0 Å². The highest BCUT2D eigenvalue weighted by Gasteiger charge is 2.23. The van der Waals surface area contributed by atoms with Gasteiger partial charge >= 0.3 is 6.00 Å². The van der Waals surface area contributed by atoms with Gasteiger partial charge in [-0.25, -0.2) is 0 Å². The Hall–Kier alpha value is 0.307. The number of aryl methyl sites for hydroxylation is 1. The predicted molar refractivity (Wildman–Crippen MR) is 99.8 cm³/mol. The Balaban J connectivity index is 1.81. The molecule has 0 aliphatic carbocycles. The van der Waals surface area contributed by atoms with E-state index in [-0.39, 0.29) is 0 Å². The first-order valence-corrected chi connectivity index (χ1v) is 13.4. The Kier molecular flexibility index (Phi) is 10.9. The zero-order valence-corrected chi connectivity index (χ0v) is 16.1. The van der Waals surface area contributed by atoms with Crippen molar-refractivity contribution in [2.75, 3.05) is 0 Å². The minimum Gasteiger partial charge on any atom is -0.126 e. The largest absolute Gasteiger partial charge is 0.341 e. The molecule has 0 atom stereocenters. The molecule has 21 heavy (non-hydrogen) atoms. The van der Waals surface area contributed by atoms with Gasteiger partial charge < -0.3 is 0 Å². The van der Waals surface area contributed by atoms with Crippen molar-refractivity contribution in [2.45, 2.75) is 70.3 Å². The van der Waals surface area contributed by atoms with Crippen molar-refractivity contribution in [1.29, 1.82) is 0 Å². The average molecular weight is 366 g/mol. The van der Waals surface area contributed by atoms with Crippen molar-refractivity contribution in [2.24, 2.45) is 0 Å². The second kappa shape index (κ2) is 11.8.